The predicted octanol–water partition coefficient (Wildman–Crippen LogP) is 4.18. The monoisotopic (exact) mass is 341 g/mol. The lowest BCUT2D eigenvalue weighted by Crippen LogP contribution is -2.13. The molecule has 106 valence electrons. The van der Waals surface area contributed by atoms with Crippen LogP contribution in [0.15, 0.2) is 40.9 Å². The van der Waals surface area contributed by atoms with E-state index in [9.17, 15) is 0 Å². The van der Waals surface area contributed by atoms with Crippen LogP contribution in [0.25, 0.3) is 11.0 Å². The minimum atomic E-state index is 0.450. The molecule has 21 heavy (non-hydrogen) atoms. The van der Waals surface area contributed by atoms with Crippen molar-refractivity contribution in [1.29, 1.82) is 0 Å². The van der Waals surface area contributed by atoms with Gasteiger partial charge < -0.3 is 10.7 Å². The van der Waals surface area contributed by atoms with Gasteiger partial charge in [-0.15, -0.1) is 0 Å². The van der Waals surface area contributed by atoms with Crippen molar-refractivity contribution in [3.8, 4) is 0 Å². The fraction of sp³-hybridized carbons (Fsp3) is 0.235. The Morgan fingerprint density at radius 3 is 2.86 bits per heavy atom. The minimum Gasteiger partial charge on any atom is -0.397 e. The normalized spacial score (nSPS) is 17.9. The number of rotatable bonds is 1. The van der Waals surface area contributed by atoms with Crippen LogP contribution in [0.5, 0.6) is 0 Å². The van der Waals surface area contributed by atoms with Gasteiger partial charge in [-0.05, 0) is 42.5 Å². The lowest BCUT2D eigenvalue weighted by molar-refractivity contribution is 0.561. The summed E-state index contributed by atoms with van der Waals surface area (Å²) in [6.45, 7) is 0. The summed E-state index contributed by atoms with van der Waals surface area (Å²) in [5.41, 5.74) is 11.6. The van der Waals surface area contributed by atoms with E-state index in [-0.39, 0.29) is 0 Å². The molecular weight excluding hydrogens is 326 g/mol. The van der Waals surface area contributed by atoms with Gasteiger partial charge >= 0.3 is 0 Å². The average molecular weight is 342 g/mol. The van der Waals surface area contributed by atoms with Gasteiger partial charge in [0.25, 0.3) is 0 Å². The van der Waals surface area contributed by atoms with Gasteiger partial charge in [-0.25, -0.2) is 4.98 Å². The third kappa shape index (κ3) is 2.23. The van der Waals surface area contributed by atoms with Crippen LogP contribution in [0.3, 0.4) is 0 Å². The quantitative estimate of drug-likeness (QED) is 0.652. The van der Waals surface area contributed by atoms with E-state index in [4.69, 9.17) is 10.7 Å². The molecule has 3 N–H and O–H groups in total. The number of nitrogens with one attached hydrogen (secondary N) is 1. The molecule has 1 unspecified atom stereocenters. The lowest BCUT2D eigenvalue weighted by atomic mass is 9.83. The average Bonchev–Trinajstić information content (AvgIpc) is 2.91. The number of aromatic amines is 1. The van der Waals surface area contributed by atoms with Gasteiger partial charge in [-0.2, -0.15) is 0 Å². The summed E-state index contributed by atoms with van der Waals surface area (Å²) in [5, 5.41) is 0. The second kappa shape index (κ2) is 4.88. The molecule has 0 aliphatic heterocycles. The first-order valence-corrected chi connectivity index (χ1v) is 8.01. The van der Waals surface area contributed by atoms with Crippen LogP contribution in [-0.4, -0.2) is 9.97 Å². The van der Waals surface area contributed by atoms with Gasteiger partial charge in [0.05, 0.1) is 11.2 Å². The number of benzene rings is 2. The summed E-state index contributed by atoms with van der Waals surface area (Å²) in [7, 11) is 0. The number of halogens is 1. The first kappa shape index (κ1) is 12.9. The first-order chi connectivity index (χ1) is 10.2. The molecule has 0 amide bonds. The smallest absolute Gasteiger partial charge is 0.112 e. The number of imidazole rings is 1. The summed E-state index contributed by atoms with van der Waals surface area (Å²) in [5.74, 6) is 1.51. The zero-order chi connectivity index (χ0) is 14.4. The Hall–Kier alpha value is -1.81. The SMILES string of the molecule is Nc1cc(Br)cc2[nH]c(C3CCc4ccccc4C3)nc12. The van der Waals surface area contributed by atoms with Crippen molar-refractivity contribution in [2.45, 2.75) is 25.2 Å². The van der Waals surface area contributed by atoms with E-state index in [0.717, 1.165) is 46.3 Å². The van der Waals surface area contributed by atoms with Crippen molar-refractivity contribution < 1.29 is 0 Å². The largest absolute Gasteiger partial charge is 0.397 e. The van der Waals surface area contributed by atoms with Crippen molar-refractivity contribution in [2.24, 2.45) is 0 Å². The summed E-state index contributed by atoms with van der Waals surface area (Å²) >= 11 is 3.48. The molecule has 4 heteroatoms. The maximum absolute atomic E-state index is 6.06. The molecule has 4 rings (SSSR count). The number of nitrogens with zero attached hydrogens (tertiary/aromatic N) is 1. The third-order valence-electron chi connectivity index (χ3n) is 4.33. The molecule has 1 aliphatic carbocycles. The van der Waals surface area contributed by atoms with Crippen LogP contribution >= 0.6 is 15.9 Å². The molecule has 3 aromatic rings. The summed E-state index contributed by atoms with van der Waals surface area (Å²) in [6.07, 6.45) is 3.31. The number of aryl methyl sites for hydroxylation is 1. The molecule has 0 saturated carbocycles. The summed E-state index contributed by atoms with van der Waals surface area (Å²) < 4.78 is 0.983. The van der Waals surface area contributed by atoms with E-state index in [1.54, 1.807) is 0 Å². The molecule has 1 aromatic heterocycles. The van der Waals surface area contributed by atoms with E-state index >= 15 is 0 Å². The van der Waals surface area contributed by atoms with Gasteiger partial charge in [0.1, 0.15) is 11.3 Å². The molecule has 3 nitrogen and oxygen atoms in total. The number of hydrogen-bond acceptors (Lipinski definition) is 2. The molecule has 2 aromatic carbocycles. The molecule has 0 saturated heterocycles. The van der Waals surface area contributed by atoms with Gasteiger partial charge in [-0.3, -0.25) is 0 Å². The number of nitrogens with two attached hydrogens (primary N) is 1. The van der Waals surface area contributed by atoms with E-state index in [1.807, 2.05) is 12.1 Å². The van der Waals surface area contributed by atoms with Gasteiger partial charge in [-0.1, -0.05) is 40.2 Å². The highest BCUT2D eigenvalue weighted by Crippen LogP contribution is 2.33. The standard InChI is InChI=1S/C17H16BrN3/c18-13-8-14(19)16-15(9-13)20-17(21-16)12-6-5-10-3-1-2-4-11(10)7-12/h1-4,8-9,12H,5-7,19H2,(H,20,21). The zero-order valence-corrected chi connectivity index (χ0v) is 13.2. The first-order valence-electron chi connectivity index (χ1n) is 7.22. The second-order valence-corrected chi connectivity index (χ2v) is 6.64. The van der Waals surface area contributed by atoms with Crippen molar-refractivity contribution in [3.63, 3.8) is 0 Å². The van der Waals surface area contributed by atoms with E-state index in [2.05, 4.69) is 45.2 Å². The summed E-state index contributed by atoms with van der Waals surface area (Å²) in [6, 6.07) is 12.7. The van der Waals surface area contributed by atoms with Crippen LogP contribution in [0, 0.1) is 0 Å². The predicted molar refractivity (Wildman–Crippen MR) is 89.4 cm³/mol. The molecule has 0 radical (unpaired) electrons. The lowest BCUT2D eigenvalue weighted by Gasteiger charge is -2.22. The Bertz CT molecular complexity index is 822. The highest BCUT2D eigenvalue weighted by Gasteiger charge is 2.22. The Kier molecular flexibility index (Phi) is 3.00. The molecule has 0 spiro atoms. The Balaban J connectivity index is 1.73. The molecule has 1 aliphatic rings. The Morgan fingerprint density at radius 2 is 2.00 bits per heavy atom. The van der Waals surface area contributed by atoms with E-state index in [0.29, 0.717) is 5.92 Å². The highest BCUT2D eigenvalue weighted by molar-refractivity contribution is 9.10. The maximum atomic E-state index is 6.06. The van der Waals surface area contributed by atoms with Crippen molar-refractivity contribution in [1.82, 2.24) is 9.97 Å². The van der Waals surface area contributed by atoms with Gasteiger partial charge in [0, 0.05) is 10.4 Å². The molecular formula is C17H16BrN3. The van der Waals surface area contributed by atoms with E-state index in [1.165, 1.54) is 11.1 Å². The number of nitrogen functional groups attached to an aromatic ring is 1. The van der Waals surface area contributed by atoms with Crippen LogP contribution < -0.4 is 5.73 Å². The number of H-pyrrole nitrogens is 1. The fourth-order valence-corrected chi connectivity index (χ4v) is 3.73. The van der Waals surface area contributed by atoms with Crippen LogP contribution in [0.4, 0.5) is 5.69 Å². The van der Waals surface area contributed by atoms with E-state index < -0.39 is 0 Å². The topological polar surface area (TPSA) is 54.7 Å². The maximum Gasteiger partial charge on any atom is 0.112 e. The Morgan fingerprint density at radius 1 is 1.19 bits per heavy atom. The van der Waals surface area contributed by atoms with Crippen molar-refractivity contribution in [3.05, 3.63) is 57.8 Å². The number of fused-ring (bicyclic) bond motifs is 2. The minimum absolute atomic E-state index is 0.450. The van der Waals surface area contributed by atoms with Crippen molar-refractivity contribution >= 4 is 32.7 Å². The summed E-state index contributed by atoms with van der Waals surface area (Å²) in [4.78, 5) is 8.21. The van der Waals surface area contributed by atoms with Crippen LogP contribution in [0.1, 0.15) is 29.3 Å². The second-order valence-electron chi connectivity index (χ2n) is 5.72. The third-order valence-corrected chi connectivity index (χ3v) is 4.79. The zero-order valence-electron chi connectivity index (χ0n) is 11.6. The number of anilines is 1. The molecule has 1 heterocycles. The highest BCUT2D eigenvalue weighted by atomic mass is 79.9. The molecule has 0 fully saturated rings. The van der Waals surface area contributed by atoms with Crippen LogP contribution in [0.2, 0.25) is 0 Å². The fourth-order valence-electron chi connectivity index (χ4n) is 3.25. The van der Waals surface area contributed by atoms with Gasteiger partial charge in [0.2, 0.25) is 0 Å². The van der Waals surface area contributed by atoms with Crippen LogP contribution in [-0.2, 0) is 12.8 Å². The van der Waals surface area contributed by atoms with Crippen molar-refractivity contribution in [2.75, 3.05) is 5.73 Å². The Labute approximate surface area is 131 Å². The number of hydrogen-bond donors (Lipinski definition) is 2. The molecule has 1 atom stereocenters. The van der Waals surface area contributed by atoms with Gasteiger partial charge in [0.15, 0.2) is 0 Å². The molecule has 0 bridgehead atoms. The number of aromatic nitrogens is 2.